The molecule has 6 fully saturated rings. The lowest BCUT2D eigenvalue weighted by atomic mass is 9.54. The minimum Gasteiger partial charge on any atom is -0.598 e. The lowest BCUT2D eigenvalue weighted by molar-refractivity contribution is -0.130. The molecule has 30 heavy (non-hydrogen) atoms. The Morgan fingerprint density at radius 3 is 2.13 bits per heavy atom. The maximum Gasteiger partial charge on any atom is 0.223 e. The summed E-state index contributed by atoms with van der Waals surface area (Å²) < 4.78 is 14.8. The third kappa shape index (κ3) is 4.70. The SMILES string of the molecule is O=C(NC1C2CC3CC(C2)CC1C3)C1CCN([S+]([O-])CCN2CCC(O)CC2)CC1. The van der Waals surface area contributed by atoms with Crippen molar-refractivity contribution in [2.24, 2.45) is 29.6 Å². The topological polar surface area (TPSA) is 78.9 Å². The Balaban J connectivity index is 1.04. The van der Waals surface area contributed by atoms with Gasteiger partial charge in [-0.15, -0.1) is 4.31 Å². The van der Waals surface area contributed by atoms with E-state index in [4.69, 9.17) is 0 Å². The minimum absolute atomic E-state index is 0.0963. The Hall–Kier alpha value is -0.340. The van der Waals surface area contributed by atoms with Crippen LogP contribution in [0.1, 0.15) is 57.8 Å². The summed E-state index contributed by atoms with van der Waals surface area (Å²) in [6.07, 6.45) is 9.97. The van der Waals surface area contributed by atoms with Crippen LogP contribution in [0.4, 0.5) is 0 Å². The number of hydrogen-bond donors (Lipinski definition) is 2. The highest BCUT2D eigenvalue weighted by molar-refractivity contribution is 7.89. The van der Waals surface area contributed by atoms with E-state index >= 15 is 0 Å². The molecule has 0 spiro atoms. The molecule has 6 aliphatic rings. The monoisotopic (exact) mass is 437 g/mol. The van der Waals surface area contributed by atoms with Crippen molar-refractivity contribution in [2.75, 3.05) is 38.5 Å². The van der Waals surface area contributed by atoms with Crippen molar-refractivity contribution in [1.82, 2.24) is 14.5 Å². The highest BCUT2D eigenvalue weighted by Crippen LogP contribution is 2.53. The van der Waals surface area contributed by atoms with E-state index in [0.717, 1.165) is 82.1 Å². The van der Waals surface area contributed by atoms with Crippen LogP contribution in [0.3, 0.4) is 0 Å². The van der Waals surface area contributed by atoms with Gasteiger partial charge in [0.15, 0.2) is 0 Å². The lowest BCUT2D eigenvalue weighted by Crippen LogP contribution is -2.57. The molecule has 6 nitrogen and oxygen atoms in total. The van der Waals surface area contributed by atoms with E-state index in [-0.39, 0.29) is 17.9 Å². The Morgan fingerprint density at radius 1 is 0.933 bits per heavy atom. The van der Waals surface area contributed by atoms with E-state index in [1.807, 2.05) is 0 Å². The number of nitrogens with one attached hydrogen (secondary N) is 1. The van der Waals surface area contributed by atoms with Crippen LogP contribution in [-0.2, 0) is 16.2 Å². The molecule has 7 heteroatoms. The van der Waals surface area contributed by atoms with Gasteiger partial charge in [-0.1, -0.05) is 0 Å². The number of carbonyl (C=O) groups is 1. The molecule has 2 heterocycles. The Kier molecular flexibility index (Phi) is 6.64. The number of aliphatic hydroxyl groups excluding tert-OH is 1. The van der Waals surface area contributed by atoms with Crippen LogP contribution < -0.4 is 5.32 Å². The van der Waals surface area contributed by atoms with Gasteiger partial charge in [0.2, 0.25) is 5.91 Å². The second kappa shape index (κ2) is 9.26. The number of aliphatic hydroxyl groups is 1. The summed E-state index contributed by atoms with van der Waals surface area (Å²) in [5.41, 5.74) is 0. The van der Waals surface area contributed by atoms with Gasteiger partial charge in [0, 0.05) is 56.0 Å². The standard InChI is InChI=1S/C23H39N3O3S/c27-21-3-5-25(6-4-21)9-10-30(29)26-7-1-18(2-8-26)23(28)24-22-19-12-16-11-17(14-19)15-20(22)13-16/h16-22,27H,1-15H2,(H,24,28). The van der Waals surface area contributed by atoms with E-state index < -0.39 is 11.4 Å². The fourth-order valence-corrected chi connectivity index (χ4v) is 8.53. The van der Waals surface area contributed by atoms with Crippen LogP contribution >= 0.6 is 0 Å². The molecule has 4 saturated carbocycles. The largest absolute Gasteiger partial charge is 0.598 e. The number of rotatable bonds is 6. The van der Waals surface area contributed by atoms with Crippen molar-refractivity contribution < 1.29 is 14.5 Å². The first kappa shape index (κ1) is 21.5. The Bertz CT molecular complexity index is 577. The van der Waals surface area contributed by atoms with Gasteiger partial charge in [-0.3, -0.25) is 9.69 Å². The maximum atomic E-state index is 13.0. The fraction of sp³-hybridized carbons (Fsp3) is 0.957. The summed E-state index contributed by atoms with van der Waals surface area (Å²) in [7, 11) is 0. The molecular weight excluding hydrogens is 398 g/mol. The number of hydrogen-bond acceptors (Lipinski definition) is 5. The minimum atomic E-state index is -0.957. The van der Waals surface area contributed by atoms with Crippen molar-refractivity contribution in [3.8, 4) is 0 Å². The van der Waals surface area contributed by atoms with Crippen molar-refractivity contribution in [1.29, 1.82) is 0 Å². The quantitative estimate of drug-likeness (QED) is 0.619. The molecular formula is C23H39N3O3S. The average Bonchev–Trinajstić information content (AvgIpc) is 2.75. The predicted octanol–water partition coefficient (Wildman–Crippen LogP) is 1.76. The summed E-state index contributed by atoms with van der Waals surface area (Å²) >= 11 is -0.957. The first-order valence-corrected chi connectivity index (χ1v) is 13.7. The molecule has 0 radical (unpaired) electrons. The molecule has 2 aliphatic heterocycles. The number of carbonyl (C=O) groups excluding carboxylic acids is 1. The molecule has 6 rings (SSSR count). The van der Waals surface area contributed by atoms with Gasteiger partial charge in [0.05, 0.1) is 6.10 Å². The number of amides is 1. The average molecular weight is 438 g/mol. The molecule has 1 amide bonds. The first-order chi connectivity index (χ1) is 14.5. The molecule has 0 aromatic carbocycles. The molecule has 170 valence electrons. The second-order valence-electron chi connectivity index (χ2n) is 10.8. The normalized spacial score (nSPS) is 39.3. The highest BCUT2D eigenvalue weighted by Gasteiger charge is 2.49. The van der Waals surface area contributed by atoms with Crippen LogP contribution in [-0.4, -0.2) is 75.4 Å². The van der Waals surface area contributed by atoms with Gasteiger partial charge in [0.1, 0.15) is 5.75 Å². The van der Waals surface area contributed by atoms with Crippen LogP contribution in [0.15, 0.2) is 0 Å². The number of piperidine rings is 2. The number of nitrogens with zero attached hydrogens (tertiary/aromatic N) is 2. The molecule has 0 aromatic heterocycles. The first-order valence-electron chi connectivity index (χ1n) is 12.4. The van der Waals surface area contributed by atoms with E-state index in [9.17, 15) is 14.5 Å². The lowest BCUT2D eigenvalue weighted by Gasteiger charge is -2.54. The predicted molar refractivity (Wildman–Crippen MR) is 118 cm³/mol. The van der Waals surface area contributed by atoms with Crippen LogP contribution in [0.5, 0.6) is 0 Å². The second-order valence-corrected chi connectivity index (χ2v) is 12.3. The van der Waals surface area contributed by atoms with Gasteiger partial charge in [-0.05, 0) is 81.5 Å². The summed E-state index contributed by atoms with van der Waals surface area (Å²) in [5.74, 6) is 4.37. The summed E-state index contributed by atoms with van der Waals surface area (Å²) in [5, 5.41) is 13.1. The van der Waals surface area contributed by atoms with E-state index in [0.29, 0.717) is 11.8 Å². The van der Waals surface area contributed by atoms with Crippen molar-refractivity contribution in [2.45, 2.75) is 69.9 Å². The van der Waals surface area contributed by atoms with Crippen molar-refractivity contribution in [3.05, 3.63) is 0 Å². The summed E-state index contributed by atoms with van der Waals surface area (Å²) in [6, 6.07) is 0.431. The van der Waals surface area contributed by atoms with E-state index in [1.54, 1.807) is 0 Å². The van der Waals surface area contributed by atoms with Crippen molar-refractivity contribution >= 4 is 17.3 Å². The fourth-order valence-electron chi connectivity index (χ4n) is 7.24. The summed E-state index contributed by atoms with van der Waals surface area (Å²) in [4.78, 5) is 15.3. The van der Waals surface area contributed by atoms with Crippen LogP contribution in [0, 0.1) is 29.6 Å². The van der Waals surface area contributed by atoms with E-state index in [2.05, 4.69) is 14.5 Å². The third-order valence-electron chi connectivity index (χ3n) is 8.79. The summed E-state index contributed by atoms with van der Waals surface area (Å²) in [6.45, 7) is 4.19. The molecule has 2 N–H and O–H groups in total. The zero-order valence-corrected chi connectivity index (χ0v) is 19.0. The van der Waals surface area contributed by atoms with Gasteiger partial charge >= 0.3 is 0 Å². The maximum absolute atomic E-state index is 13.0. The Labute approximate surface area is 184 Å². The van der Waals surface area contributed by atoms with Gasteiger partial charge in [-0.2, -0.15) is 0 Å². The zero-order chi connectivity index (χ0) is 20.7. The van der Waals surface area contributed by atoms with E-state index in [1.165, 1.54) is 32.1 Å². The molecule has 0 aromatic rings. The molecule has 1 unspecified atom stereocenters. The Morgan fingerprint density at radius 2 is 1.53 bits per heavy atom. The van der Waals surface area contributed by atoms with Crippen molar-refractivity contribution in [3.63, 3.8) is 0 Å². The third-order valence-corrected chi connectivity index (χ3v) is 10.3. The highest BCUT2D eigenvalue weighted by atomic mass is 32.2. The molecule has 4 bridgehead atoms. The molecule has 1 atom stereocenters. The molecule has 4 aliphatic carbocycles. The zero-order valence-electron chi connectivity index (χ0n) is 18.2. The smallest absolute Gasteiger partial charge is 0.223 e. The number of likely N-dealkylation sites (tertiary alicyclic amines) is 1. The van der Waals surface area contributed by atoms with Crippen LogP contribution in [0.2, 0.25) is 0 Å². The van der Waals surface area contributed by atoms with Crippen LogP contribution in [0.25, 0.3) is 0 Å². The molecule has 2 saturated heterocycles. The van der Waals surface area contributed by atoms with Gasteiger partial charge in [-0.25, -0.2) is 0 Å². The van der Waals surface area contributed by atoms with Gasteiger partial charge < -0.3 is 15.0 Å². The van der Waals surface area contributed by atoms with Gasteiger partial charge in [0.25, 0.3) is 0 Å².